The van der Waals surface area contributed by atoms with Gasteiger partial charge < -0.3 is 9.88 Å². The highest BCUT2D eigenvalue weighted by Gasteiger charge is 2.18. The number of hydrogen-bond donors (Lipinski definition) is 1. The number of aromatic nitrogens is 1. The van der Waals surface area contributed by atoms with Gasteiger partial charge in [-0.25, -0.2) is 0 Å². The predicted octanol–water partition coefficient (Wildman–Crippen LogP) is 1.78. The minimum Gasteiger partial charge on any atom is -0.367 e. The highest BCUT2D eigenvalue weighted by Crippen LogP contribution is 2.12. The summed E-state index contributed by atoms with van der Waals surface area (Å²) < 4.78 is 0. The first-order valence-electron chi connectivity index (χ1n) is 6.25. The van der Waals surface area contributed by atoms with Crippen LogP contribution in [0.15, 0.2) is 23.3 Å². The van der Waals surface area contributed by atoms with Crippen molar-refractivity contribution in [2.75, 3.05) is 13.1 Å². The first-order chi connectivity index (χ1) is 8.29. The van der Waals surface area contributed by atoms with E-state index in [2.05, 4.69) is 4.98 Å². The lowest BCUT2D eigenvalue weighted by atomic mass is 10.1. The quantitative estimate of drug-likeness (QED) is 0.805. The maximum Gasteiger partial charge on any atom is 0.259 e. The van der Waals surface area contributed by atoms with E-state index in [1.165, 1.54) is 31.5 Å². The van der Waals surface area contributed by atoms with Crippen molar-refractivity contribution < 1.29 is 4.79 Å². The summed E-state index contributed by atoms with van der Waals surface area (Å²) in [6, 6.07) is 1.40. The Hall–Kier alpha value is -1.58. The summed E-state index contributed by atoms with van der Waals surface area (Å²) in [5.74, 6) is -0.131. The third kappa shape index (κ3) is 2.96. The zero-order valence-electron chi connectivity index (χ0n) is 9.95. The maximum absolute atomic E-state index is 12.2. The molecule has 0 aliphatic carbocycles. The Bertz CT molecular complexity index is 431. The summed E-state index contributed by atoms with van der Waals surface area (Å²) in [6.07, 6.45) is 8.74. The summed E-state index contributed by atoms with van der Waals surface area (Å²) >= 11 is 0. The van der Waals surface area contributed by atoms with Crippen LogP contribution in [-0.2, 0) is 0 Å². The van der Waals surface area contributed by atoms with Crippen LogP contribution in [0.2, 0.25) is 0 Å². The molecule has 0 saturated carbocycles. The first kappa shape index (κ1) is 11.9. The largest absolute Gasteiger partial charge is 0.367 e. The molecule has 2 heterocycles. The van der Waals surface area contributed by atoms with Crippen molar-refractivity contribution >= 4 is 5.91 Å². The standard InChI is InChI=1S/C13H18N2O2/c16-12-6-7-14-10-11(12)13(17)15-8-4-2-1-3-5-9-15/h6-7,10H,1-5,8-9H2,(H,14,16). The molecule has 1 aliphatic heterocycles. The van der Waals surface area contributed by atoms with Crippen LogP contribution in [0.4, 0.5) is 0 Å². The highest BCUT2D eigenvalue weighted by atomic mass is 16.2. The number of H-pyrrole nitrogens is 1. The molecule has 4 heteroatoms. The topological polar surface area (TPSA) is 53.2 Å². The molecule has 2 rings (SSSR count). The molecular formula is C13H18N2O2. The maximum atomic E-state index is 12.2. The average molecular weight is 234 g/mol. The van der Waals surface area contributed by atoms with Crippen molar-refractivity contribution in [1.29, 1.82) is 0 Å². The number of carbonyl (C=O) groups excluding carboxylic acids is 1. The van der Waals surface area contributed by atoms with Crippen molar-refractivity contribution in [1.82, 2.24) is 9.88 Å². The molecule has 0 unspecified atom stereocenters. The molecule has 1 aliphatic rings. The molecule has 1 fully saturated rings. The van der Waals surface area contributed by atoms with E-state index in [0.29, 0.717) is 0 Å². The Morgan fingerprint density at radius 2 is 1.76 bits per heavy atom. The first-order valence-corrected chi connectivity index (χ1v) is 6.25. The minimum atomic E-state index is -0.198. The molecular weight excluding hydrogens is 216 g/mol. The summed E-state index contributed by atoms with van der Waals surface area (Å²) in [5, 5.41) is 0. The number of nitrogens with zero attached hydrogens (tertiary/aromatic N) is 1. The third-order valence-electron chi connectivity index (χ3n) is 3.20. The fourth-order valence-corrected chi connectivity index (χ4v) is 2.20. The van der Waals surface area contributed by atoms with Gasteiger partial charge in [-0.05, 0) is 12.8 Å². The molecule has 92 valence electrons. The van der Waals surface area contributed by atoms with E-state index in [9.17, 15) is 9.59 Å². The Morgan fingerprint density at radius 3 is 2.41 bits per heavy atom. The van der Waals surface area contributed by atoms with Crippen LogP contribution in [0.5, 0.6) is 0 Å². The van der Waals surface area contributed by atoms with Gasteiger partial charge in [-0.2, -0.15) is 0 Å². The van der Waals surface area contributed by atoms with Crippen molar-refractivity contribution in [3.05, 3.63) is 34.2 Å². The minimum absolute atomic E-state index is 0.131. The van der Waals surface area contributed by atoms with Gasteiger partial charge in [0, 0.05) is 31.5 Å². The monoisotopic (exact) mass is 234 g/mol. The number of aromatic amines is 1. The Morgan fingerprint density at radius 1 is 1.12 bits per heavy atom. The van der Waals surface area contributed by atoms with Crippen molar-refractivity contribution in [3.8, 4) is 0 Å². The van der Waals surface area contributed by atoms with Crippen LogP contribution < -0.4 is 5.43 Å². The Labute approximate surface area is 101 Å². The van der Waals surface area contributed by atoms with Gasteiger partial charge in [-0.1, -0.05) is 19.3 Å². The summed E-state index contributed by atoms with van der Waals surface area (Å²) in [7, 11) is 0. The van der Waals surface area contributed by atoms with Gasteiger partial charge in [0.05, 0.1) is 0 Å². The molecule has 0 spiro atoms. The van der Waals surface area contributed by atoms with Crippen LogP contribution in [0.1, 0.15) is 42.5 Å². The second-order valence-electron chi connectivity index (χ2n) is 4.48. The van der Waals surface area contributed by atoms with Crippen molar-refractivity contribution in [3.63, 3.8) is 0 Å². The normalized spacial score (nSPS) is 17.3. The van der Waals surface area contributed by atoms with Gasteiger partial charge in [-0.15, -0.1) is 0 Å². The lowest BCUT2D eigenvalue weighted by Gasteiger charge is -2.24. The molecule has 4 nitrogen and oxygen atoms in total. The van der Waals surface area contributed by atoms with Gasteiger partial charge in [-0.3, -0.25) is 9.59 Å². The van der Waals surface area contributed by atoms with Crippen LogP contribution in [0, 0.1) is 0 Å². The Kier molecular flexibility index (Phi) is 3.96. The number of likely N-dealkylation sites (tertiary alicyclic amines) is 1. The highest BCUT2D eigenvalue weighted by molar-refractivity contribution is 5.93. The molecule has 1 aromatic heterocycles. The molecule has 1 saturated heterocycles. The van der Waals surface area contributed by atoms with E-state index in [0.717, 1.165) is 25.9 Å². The van der Waals surface area contributed by atoms with E-state index < -0.39 is 0 Å². The van der Waals surface area contributed by atoms with Gasteiger partial charge >= 0.3 is 0 Å². The van der Waals surface area contributed by atoms with E-state index in [1.807, 2.05) is 4.90 Å². The summed E-state index contributed by atoms with van der Waals surface area (Å²) in [5.41, 5.74) is 0.0592. The number of carbonyl (C=O) groups is 1. The molecule has 17 heavy (non-hydrogen) atoms. The fraction of sp³-hybridized carbons (Fsp3) is 0.538. The molecule has 0 atom stereocenters. The molecule has 1 N–H and O–H groups in total. The van der Waals surface area contributed by atoms with E-state index >= 15 is 0 Å². The van der Waals surface area contributed by atoms with Crippen LogP contribution in [0.25, 0.3) is 0 Å². The van der Waals surface area contributed by atoms with Crippen LogP contribution in [-0.4, -0.2) is 28.9 Å². The van der Waals surface area contributed by atoms with Gasteiger partial charge in [0.25, 0.3) is 5.91 Å². The second-order valence-corrected chi connectivity index (χ2v) is 4.48. The smallest absolute Gasteiger partial charge is 0.259 e. The van der Waals surface area contributed by atoms with Crippen molar-refractivity contribution in [2.45, 2.75) is 32.1 Å². The summed E-state index contributed by atoms with van der Waals surface area (Å²) in [6.45, 7) is 1.54. The van der Waals surface area contributed by atoms with Gasteiger partial charge in [0.15, 0.2) is 5.43 Å². The van der Waals surface area contributed by atoms with E-state index in [1.54, 1.807) is 6.20 Å². The predicted molar refractivity (Wildman–Crippen MR) is 66.1 cm³/mol. The van der Waals surface area contributed by atoms with Crippen LogP contribution >= 0.6 is 0 Å². The SMILES string of the molecule is O=C(c1c[nH]ccc1=O)N1CCCCCCC1. The third-order valence-corrected chi connectivity index (χ3v) is 3.20. The lowest BCUT2D eigenvalue weighted by molar-refractivity contribution is 0.0740. The number of pyridine rings is 1. The van der Waals surface area contributed by atoms with E-state index in [-0.39, 0.29) is 16.9 Å². The number of amides is 1. The molecule has 1 amide bonds. The molecule has 0 bridgehead atoms. The zero-order chi connectivity index (χ0) is 12.1. The molecule has 0 aromatic carbocycles. The number of nitrogens with one attached hydrogen (secondary N) is 1. The van der Waals surface area contributed by atoms with Gasteiger partial charge in [0.1, 0.15) is 5.56 Å². The summed E-state index contributed by atoms with van der Waals surface area (Å²) in [4.78, 5) is 28.4. The average Bonchev–Trinajstić information content (AvgIpc) is 2.28. The molecule has 0 radical (unpaired) electrons. The van der Waals surface area contributed by atoms with Crippen molar-refractivity contribution in [2.24, 2.45) is 0 Å². The molecule has 1 aromatic rings. The Balaban J connectivity index is 2.13. The second kappa shape index (κ2) is 5.66. The lowest BCUT2D eigenvalue weighted by Crippen LogP contribution is -2.36. The zero-order valence-corrected chi connectivity index (χ0v) is 9.95. The van der Waals surface area contributed by atoms with Gasteiger partial charge in [0.2, 0.25) is 0 Å². The number of hydrogen-bond acceptors (Lipinski definition) is 2. The van der Waals surface area contributed by atoms with E-state index in [4.69, 9.17) is 0 Å². The number of rotatable bonds is 1. The van der Waals surface area contributed by atoms with Crippen LogP contribution in [0.3, 0.4) is 0 Å². The fourth-order valence-electron chi connectivity index (χ4n) is 2.20.